The van der Waals surface area contributed by atoms with Gasteiger partial charge in [0.2, 0.25) is 5.91 Å². The van der Waals surface area contributed by atoms with E-state index in [2.05, 4.69) is 10.2 Å². The first-order valence-corrected chi connectivity index (χ1v) is 6.48. The molecule has 1 aliphatic rings. The number of hydrogen-bond acceptors (Lipinski definition) is 3. The largest absolute Gasteiger partial charge is 0.358 e. The summed E-state index contributed by atoms with van der Waals surface area (Å²) < 4.78 is 0. The first-order chi connectivity index (χ1) is 9.20. The molecule has 1 aromatic carbocycles. The van der Waals surface area contributed by atoms with Crippen LogP contribution in [0, 0.1) is 0 Å². The maximum absolute atomic E-state index is 12.2. The van der Waals surface area contributed by atoms with Crippen LogP contribution in [-0.2, 0) is 4.79 Å². The second kappa shape index (κ2) is 6.33. The molecule has 1 fully saturated rings. The minimum absolute atomic E-state index is 0.0165. The van der Waals surface area contributed by atoms with Crippen molar-refractivity contribution in [3.8, 4) is 0 Å². The average Bonchev–Trinajstić information content (AvgIpc) is 2.48. The summed E-state index contributed by atoms with van der Waals surface area (Å²) in [4.78, 5) is 27.4. The lowest BCUT2D eigenvalue weighted by Gasteiger charge is -2.34. The predicted molar refractivity (Wildman–Crippen MR) is 72.9 cm³/mol. The van der Waals surface area contributed by atoms with E-state index in [0.29, 0.717) is 19.6 Å². The molecule has 5 nitrogen and oxygen atoms in total. The van der Waals surface area contributed by atoms with Gasteiger partial charge in [-0.1, -0.05) is 18.2 Å². The van der Waals surface area contributed by atoms with Gasteiger partial charge in [-0.05, 0) is 12.1 Å². The molecular weight excluding hydrogens is 242 g/mol. The standard InChI is InChI=1S/C14H19N3O2/c1-15-13(18)11-16-7-9-17(10-8-16)14(19)12-5-3-2-4-6-12/h2-6H,7-11H2,1H3,(H,15,18). The lowest BCUT2D eigenvalue weighted by atomic mass is 10.2. The summed E-state index contributed by atoms with van der Waals surface area (Å²) in [5, 5.41) is 2.61. The molecule has 1 saturated heterocycles. The summed E-state index contributed by atoms with van der Waals surface area (Å²) >= 11 is 0. The fourth-order valence-corrected chi connectivity index (χ4v) is 2.15. The van der Waals surface area contributed by atoms with Crippen LogP contribution in [0.3, 0.4) is 0 Å². The topological polar surface area (TPSA) is 52.7 Å². The highest BCUT2D eigenvalue weighted by molar-refractivity contribution is 5.94. The molecule has 0 bridgehead atoms. The predicted octanol–water partition coefficient (Wildman–Crippen LogP) is 0.190. The number of carbonyl (C=O) groups excluding carboxylic acids is 2. The van der Waals surface area contributed by atoms with E-state index in [4.69, 9.17) is 0 Å². The third-order valence-electron chi connectivity index (χ3n) is 3.33. The number of carbonyl (C=O) groups is 2. The second-order valence-electron chi connectivity index (χ2n) is 4.61. The van der Waals surface area contributed by atoms with Gasteiger partial charge >= 0.3 is 0 Å². The SMILES string of the molecule is CNC(=O)CN1CCN(C(=O)c2ccccc2)CC1. The number of benzene rings is 1. The second-order valence-corrected chi connectivity index (χ2v) is 4.61. The van der Waals surface area contributed by atoms with Crippen LogP contribution in [0.2, 0.25) is 0 Å². The first kappa shape index (κ1) is 13.5. The number of rotatable bonds is 3. The van der Waals surface area contributed by atoms with Gasteiger partial charge in [-0.2, -0.15) is 0 Å². The highest BCUT2D eigenvalue weighted by Crippen LogP contribution is 2.08. The Morgan fingerprint density at radius 1 is 1.11 bits per heavy atom. The fraction of sp³-hybridized carbons (Fsp3) is 0.429. The highest BCUT2D eigenvalue weighted by atomic mass is 16.2. The molecule has 0 aliphatic carbocycles. The van der Waals surface area contributed by atoms with Crippen LogP contribution in [-0.4, -0.2) is 61.4 Å². The van der Waals surface area contributed by atoms with E-state index in [0.717, 1.165) is 18.7 Å². The van der Waals surface area contributed by atoms with Crippen LogP contribution in [0.25, 0.3) is 0 Å². The molecule has 1 aromatic rings. The van der Waals surface area contributed by atoms with Crippen molar-refractivity contribution in [3.05, 3.63) is 35.9 Å². The molecule has 0 unspecified atom stereocenters. The Balaban J connectivity index is 1.86. The molecule has 0 spiro atoms. The molecule has 1 heterocycles. The van der Waals surface area contributed by atoms with Gasteiger partial charge in [-0.3, -0.25) is 14.5 Å². The van der Waals surface area contributed by atoms with Gasteiger partial charge in [0.15, 0.2) is 0 Å². The van der Waals surface area contributed by atoms with Gasteiger partial charge in [0.1, 0.15) is 0 Å². The van der Waals surface area contributed by atoms with Crippen LogP contribution in [0.15, 0.2) is 30.3 Å². The summed E-state index contributed by atoms with van der Waals surface area (Å²) in [5.41, 5.74) is 0.724. The van der Waals surface area contributed by atoms with Gasteiger partial charge in [-0.15, -0.1) is 0 Å². The van der Waals surface area contributed by atoms with Gasteiger partial charge in [-0.25, -0.2) is 0 Å². The zero-order chi connectivity index (χ0) is 13.7. The number of piperazine rings is 1. The fourth-order valence-electron chi connectivity index (χ4n) is 2.15. The van der Waals surface area contributed by atoms with Crippen molar-refractivity contribution in [2.24, 2.45) is 0 Å². The van der Waals surface area contributed by atoms with Crippen LogP contribution < -0.4 is 5.32 Å². The summed E-state index contributed by atoms with van der Waals surface area (Å²) in [7, 11) is 1.64. The third-order valence-corrected chi connectivity index (χ3v) is 3.33. The molecule has 102 valence electrons. The Hall–Kier alpha value is -1.88. The number of likely N-dealkylation sites (N-methyl/N-ethyl adjacent to an activating group) is 1. The quantitative estimate of drug-likeness (QED) is 0.845. The zero-order valence-electron chi connectivity index (χ0n) is 11.1. The van der Waals surface area contributed by atoms with Crippen molar-refractivity contribution in [2.75, 3.05) is 39.8 Å². The van der Waals surface area contributed by atoms with Crippen LogP contribution in [0.5, 0.6) is 0 Å². The molecular formula is C14H19N3O2. The summed E-state index contributed by atoms with van der Waals surface area (Å²) in [6.07, 6.45) is 0. The Morgan fingerprint density at radius 3 is 2.32 bits per heavy atom. The number of amides is 2. The molecule has 5 heteroatoms. The van der Waals surface area contributed by atoms with E-state index >= 15 is 0 Å². The van der Waals surface area contributed by atoms with E-state index in [1.165, 1.54) is 0 Å². The molecule has 0 atom stereocenters. The third kappa shape index (κ3) is 3.54. The van der Waals surface area contributed by atoms with Gasteiger partial charge in [0, 0.05) is 38.8 Å². The molecule has 0 aromatic heterocycles. The molecule has 19 heavy (non-hydrogen) atoms. The molecule has 1 N–H and O–H groups in total. The van der Waals surface area contributed by atoms with E-state index < -0.39 is 0 Å². The van der Waals surface area contributed by atoms with Crippen molar-refractivity contribution in [1.82, 2.24) is 15.1 Å². The first-order valence-electron chi connectivity index (χ1n) is 6.48. The minimum atomic E-state index is 0.0165. The highest BCUT2D eigenvalue weighted by Gasteiger charge is 2.22. The van der Waals surface area contributed by atoms with E-state index in [-0.39, 0.29) is 11.8 Å². The lowest BCUT2D eigenvalue weighted by molar-refractivity contribution is -0.122. The number of nitrogens with zero attached hydrogens (tertiary/aromatic N) is 2. The van der Waals surface area contributed by atoms with Gasteiger partial charge in [0.05, 0.1) is 6.54 Å². The van der Waals surface area contributed by atoms with Gasteiger partial charge < -0.3 is 10.2 Å². The van der Waals surface area contributed by atoms with E-state index in [1.807, 2.05) is 35.2 Å². The Morgan fingerprint density at radius 2 is 1.74 bits per heavy atom. The Labute approximate surface area is 113 Å². The number of hydrogen-bond donors (Lipinski definition) is 1. The maximum atomic E-state index is 12.2. The van der Waals surface area contributed by atoms with Crippen molar-refractivity contribution in [3.63, 3.8) is 0 Å². The minimum Gasteiger partial charge on any atom is -0.358 e. The van der Waals surface area contributed by atoms with Crippen molar-refractivity contribution < 1.29 is 9.59 Å². The summed E-state index contributed by atoms with van der Waals surface area (Å²) in [5.74, 6) is 0.0861. The van der Waals surface area contributed by atoms with Crippen molar-refractivity contribution in [1.29, 1.82) is 0 Å². The van der Waals surface area contributed by atoms with Gasteiger partial charge in [0.25, 0.3) is 5.91 Å². The van der Waals surface area contributed by atoms with E-state index in [9.17, 15) is 9.59 Å². The molecule has 0 radical (unpaired) electrons. The zero-order valence-corrected chi connectivity index (χ0v) is 11.1. The normalized spacial score (nSPS) is 16.2. The average molecular weight is 261 g/mol. The Bertz CT molecular complexity index is 439. The Kier molecular flexibility index (Phi) is 4.52. The van der Waals surface area contributed by atoms with Crippen LogP contribution >= 0.6 is 0 Å². The smallest absolute Gasteiger partial charge is 0.253 e. The summed E-state index contributed by atoms with van der Waals surface area (Å²) in [6.45, 7) is 3.23. The summed E-state index contributed by atoms with van der Waals surface area (Å²) in [6, 6.07) is 9.31. The van der Waals surface area contributed by atoms with E-state index in [1.54, 1.807) is 7.05 Å². The molecule has 0 saturated carbocycles. The molecule has 2 amide bonds. The van der Waals surface area contributed by atoms with Crippen LogP contribution in [0.4, 0.5) is 0 Å². The lowest BCUT2D eigenvalue weighted by Crippen LogP contribution is -2.50. The number of nitrogens with one attached hydrogen (secondary N) is 1. The van der Waals surface area contributed by atoms with Crippen molar-refractivity contribution >= 4 is 11.8 Å². The maximum Gasteiger partial charge on any atom is 0.253 e. The monoisotopic (exact) mass is 261 g/mol. The van der Waals surface area contributed by atoms with Crippen LogP contribution in [0.1, 0.15) is 10.4 Å². The molecule has 2 rings (SSSR count). The molecule has 1 aliphatic heterocycles. The van der Waals surface area contributed by atoms with Crippen molar-refractivity contribution in [2.45, 2.75) is 0 Å².